The van der Waals surface area contributed by atoms with E-state index in [4.69, 9.17) is 4.74 Å². The van der Waals surface area contributed by atoms with E-state index in [9.17, 15) is 0 Å². The molecule has 0 saturated heterocycles. The molecule has 2 rings (SSSR count). The van der Waals surface area contributed by atoms with E-state index in [0.29, 0.717) is 6.04 Å². The Balaban J connectivity index is 2.10. The number of para-hydroxylation sites is 1. The Bertz CT molecular complexity index is 410. The van der Waals surface area contributed by atoms with Crippen LogP contribution >= 0.6 is 0 Å². The molecular weight excluding hydrogens is 258 g/mol. The minimum absolute atomic E-state index is 0.427. The third kappa shape index (κ3) is 4.23. The molecule has 21 heavy (non-hydrogen) atoms. The molecule has 1 aromatic rings. The minimum Gasteiger partial charge on any atom is -0.493 e. The Morgan fingerprint density at radius 3 is 2.48 bits per heavy atom. The Morgan fingerprint density at radius 1 is 1.14 bits per heavy atom. The number of benzene rings is 1. The molecule has 0 radical (unpaired) electrons. The van der Waals surface area contributed by atoms with Gasteiger partial charge in [0.15, 0.2) is 0 Å². The van der Waals surface area contributed by atoms with Gasteiger partial charge in [0.1, 0.15) is 5.75 Å². The molecule has 1 atom stereocenters. The molecule has 2 heteroatoms. The highest BCUT2D eigenvalue weighted by Crippen LogP contribution is 2.40. The molecule has 118 valence electrons. The summed E-state index contributed by atoms with van der Waals surface area (Å²) in [4.78, 5) is 0. The smallest absolute Gasteiger partial charge is 0.124 e. The van der Waals surface area contributed by atoms with Crippen LogP contribution in [-0.2, 0) is 0 Å². The van der Waals surface area contributed by atoms with Crippen LogP contribution in [0.3, 0.4) is 0 Å². The Morgan fingerprint density at radius 2 is 1.86 bits per heavy atom. The van der Waals surface area contributed by atoms with Crippen molar-refractivity contribution in [1.82, 2.24) is 5.32 Å². The zero-order chi connectivity index (χ0) is 15.1. The standard InChI is InChI=1S/C19H31NO/c1-4-14-21-18-9-7-6-8-17(18)19(20-3)16-12-10-15(5-2)11-13-16/h6-9,15-16,19-20H,4-5,10-14H2,1-3H3. The first-order chi connectivity index (χ1) is 10.3. The summed E-state index contributed by atoms with van der Waals surface area (Å²) in [5.74, 6) is 2.76. The van der Waals surface area contributed by atoms with Gasteiger partial charge in [-0.15, -0.1) is 0 Å². The van der Waals surface area contributed by atoms with Crippen LogP contribution in [0.4, 0.5) is 0 Å². The third-order valence-electron chi connectivity index (χ3n) is 4.97. The first kappa shape index (κ1) is 16.4. The van der Waals surface area contributed by atoms with Gasteiger partial charge >= 0.3 is 0 Å². The molecule has 0 aromatic heterocycles. The molecule has 1 aromatic carbocycles. The monoisotopic (exact) mass is 289 g/mol. The SMILES string of the molecule is CCCOc1ccccc1C(NC)C1CCC(CC)CC1. The van der Waals surface area contributed by atoms with Crippen LogP contribution in [-0.4, -0.2) is 13.7 Å². The van der Waals surface area contributed by atoms with E-state index in [-0.39, 0.29) is 0 Å². The van der Waals surface area contributed by atoms with Gasteiger partial charge in [-0.1, -0.05) is 51.3 Å². The summed E-state index contributed by atoms with van der Waals surface area (Å²) in [5.41, 5.74) is 1.34. The summed E-state index contributed by atoms with van der Waals surface area (Å²) >= 11 is 0. The van der Waals surface area contributed by atoms with Crippen LogP contribution in [0.5, 0.6) is 5.75 Å². The van der Waals surface area contributed by atoms with Crippen LogP contribution in [0.1, 0.15) is 64.0 Å². The van der Waals surface area contributed by atoms with Crippen molar-refractivity contribution in [2.45, 2.75) is 58.4 Å². The second-order valence-electron chi connectivity index (χ2n) is 6.34. The zero-order valence-electron chi connectivity index (χ0n) is 13.9. The zero-order valence-corrected chi connectivity index (χ0v) is 13.9. The molecule has 1 N–H and O–H groups in total. The molecule has 0 heterocycles. The molecular formula is C19H31NO. The second kappa shape index (κ2) is 8.43. The molecule has 1 aliphatic carbocycles. The molecule has 1 fully saturated rings. The van der Waals surface area contributed by atoms with Crippen molar-refractivity contribution in [2.24, 2.45) is 11.8 Å². The first-order valence-corrected chi connectivity index (χ1v) is 8.69. The maximum absolute atomic E-state index is 5.96. The van der Waals surface area contributed by atoms with Gasteiger partial charge in [-0.05, 0) is 44.2 Å². The number of rotatable bonds is 7. The van der Waals surface area contributed by atoms with E-state index in [2.05, 4.69) is 50.5 Å². The van der Waals surface area contributed by atoms with Crippen LogP contribution < -0.4 is 10.1 Å². The Hall–Kier alpha value is -1.02. The van der Waals surface area contributed by atoms with Gasteiger partial charge in [0.05, 0.1) is 6.61 Å². The van der Waals surface area contributed by atoms with E-state index in [1.54, 1.807) is 0 Å². The topological polar surface area (TPSA) is 21.3 Å². The highest BCUT2D eigenvalue weighted by atomic mass is 16.5. The summed E-state index contributed by atoms with van der Waals surface area (Å²) in [5, 5.41) is 3.56. The van der Waals surface area contributed by atoms with Crippen molar-refractivity contribution >= 4 is 0 Å². The fourth-order valence-electron chi connectivity index (χ4n) is 3.66. The van der Waals surface area contributed by atoms with Gasteiger partial charge < -0.3 is 10.1 Å². The van der Waals surface area contributed by atoms with Gasteiger partial charge in [0.25, 0.3) is 0 Å². The largest absolute Gasteiger partial charge is 0.493 e. The third-order valence-corrected chi connectivity index (χ3v) is 4.97. The predicted octanol–water partition coefficient (Wildman–Crippen LogP) is 4.95. The summed E-state index contributed by atoms with van der Waals surface area (Å²) < 4.78 is 5.96. The van der Waals surface area contributed by atoms with Gasteiger partial charge in [-0.25, -0.2) is 0 Å². The fraction of sp³-hybridized carbons (Fsp3) is 0.684. The van der Waals surface area contributed by atoms with E-state index in [0.717, 1.165) is 30.6 Å². The van der Waals surface area contributed by atoms with Crippen molar-refractivity contribution < 1.29 is 4.74 Å². The van der Waals surface area contributed by atoms with Crippen molar-refractivity contribution in [2.75, 3.05) is 13.7 Å². The number of ether oxygens (including phenoxy) is 1. The summed E-state index contributed by atoms with van der Waals surface area (Å²) in [6.07, 6.45) is 7.85. The first-order valence-electron chi connectivity index (χ1n) is 8.69. The highest BCUT2D eigenvalue weighted by Gasteiger charge is 2.28. The lowest BCUT2D eigenvalue weighted by atomic mass is 9.76. The number of hydrogen-bond acceptors (Lipinski definition) is 2. The van der Waals surface area contributed by atoms with E-state index < -0.39 is 0 Å². The van der Waals surface area contributed by atoms with Crippen molar-refractivity contribution in [1.29, 1.82) is 0 Å². The van der Waals surface area contributed by atoms with E-state index >= 15 is 0 Å². The lowest BCUT2D eigenvalue weighted by Crippen LogP contribution is -2.29. The maximum Gasteiger partial charge on any atom is 0.124 e. The molecule has 1 unspecified atom stereocenters. The molecule has 1 aliphatic rings. The molecule has 2 nitrogen and oxygen atoms in total. The predicted molar refractivity (Wildman–Crippen MR) is 89.8 cm³/mol. The van der Waals surface area contributed by atoms with E-state index in [1.807, 2.05) is 0 Å². The summed E-state index contributed by atoms with van der Waals surface area (Å²) in [6.45, 7) is 5.29. The molecule has 0 amide bonds. The molecule has 0 bridgehead atoms. The molecule has 1 saturated carbocycles. The molecule has 0 spiro atoms. The van der Waals surface area contributed by atoms with Crippen LogP contribution in [0.25, 0.3) is 0 Å². The average Bonchev–Trinajstić information content (AvgIpc) is 2.55. The average molecular weight is 289 g/mol. The van der Waals surface area contributed by atoms with Gasteiger partial charge in [-0.2, -0.15) is 0 Å². The highest BCUT2D eigenvalue weighted by molar-refractivity contribution is 5.36. The van der Waals surface area contributed by atoms with Gasteiger partial charge in [0, 0.05) is 11.6 Å². The van der Waals surface area contributed by atoms with Crippen molar-refractivity contribution in [3.63, 3.8) is 0 Å². The van der Waals surface area contributed by atoms with Gasteiger partial charge in [0.2, 0.25) is 0 Å². The maximum atomic E-state index is 5.96. The second-order valence-corrected chi connectivity index (χ2v) is 6.34. The van der Waals surface area contributed by atoms with Crippen molar-refractivity contribution in [3.8, 4) is 5.75 Å². The van der Waals surface area contributed by atoms with Crippen LogP contribution in [0.15, 0.2) is 24.3 Å². The minimum atomic E-state index is 0.427. The van der Waals surface area contributed by atoms with Crippen LogP contribution in [0, 0.1) is 11.8 Å². The summed E-state index contributed by atoms with van der Waals surface area (Å²) in [6, 6.07) is 8.99. The lowest BCUT2D eigenvalue weighted by molar-refractivity contribution is 0.219. The Kier molecular flexibility index (Phi) is 6.56. The van der Waals surface area contributed by atoms with Crippen molar-refractivity contribution in [3.05, 3.63) is 29.8 Å². The van der Waals surface area contributed by atoms with Gasteiger partial charge in [-0.3, -0.25) is 0 Å². The summed E-state index contributed by atoms with van der Waals surface area (Å²) in [7, 11) is 2.09. The number of nitrogens with one attached hydrogen (secondary N) is 1. The van der Waals surface area contributed by atoms with Crippen LogP contribution in [0.2, 0.25) is 0 Å². The normalized spacial score (nSPS) is 23.8. The fourth-order valence-corrected chi connectivity index (χ4v) is 3.66. The number of hydrogen-bond donors (Lipinski definition) is 1. The molecule has 0 aliphatic heterocycles. The quantitative estimate of drug-likeness (QED) is 0.766. The lowest BCUT2D eigenvalue weighted by Gasteiger charge is -2.34. The Labute approximate surface area is 130 Å². The van der Waals surface area contributed by atoms with E-state index in [1.165, 1.54) is 37.7 Å².